The van der Waals surface area contributed by atoms with E-state index in [1.807, 2.05) is 0 Å². The molecule has 0 bridgehead atoms. The molecule has 1 amide bonds. The summed E-state index contributed by atoms with van der Waals surface area (Å²) in [6.07, 6.45) is 4.85. The molecule has 2 heterocycles. The summed E-state index contributed by atoms with van der Waals surface area (Å²) in [6.45, 7) is 2.50. The minimum Gasteiger partial charge on any atom is -0.497 e. The van der Waals surface area contributed by atoms with E-state index < -0.39 is 34.9 Å². The molecule has 1 aromatic heterocycles. The van der Waals surface area contributed by atoms with Gasteiger partial charge in [0.25, 0.3) is 0 Å². The number of nitrogens with zero attached hydrogens (tertiary/aromatic N) is 3. The summed E-state index contributed by atoms with van der Waals surface area (Å²) < 4.78 is 43.9. The highest BCUT2D eigenvalue weighted by Crippen LogP contribution is 2.33. The van der Waals surface area contributed by atoms with E-state index in [4.69, 9.17) is 32.7 Å². The van der Waals surface area contributed by atoms with Gasteiger partial charge in [-0.3, -0.25) is 4.98 Å². The number of halogens is 2. The Morgan fingerprint density at radius 1 is 1.21 bits per heavy atom. The van der Waals surface area contributed by atoms with Gasteiger partial charge in [0.15, 0.2) is 0 Å². The molecule has 0 aliphatic carbocycles. The van der Waals surface area contributed by atoms with Crippen LogP contribution in [0, 0.1) is 0 Å². The van der Waals surface area contributed by atoms with Crippen LogP contribution >= 0.6 is 23.2 Å². The highest BCUT2D eigenvalue weighted by atomic mass is 35.5. The maximum absolute atomic E-state index is 13.8. The zero-order valence-corrected chi connectivity index (χ0v) is 23.3. The average Bonchev–Trinajstić information content (AvgIpc) is 2.87. The molecule has 2 aromatic rings. The number of hydrogen-bond acceptors (Lipinski definition) is 9. The number of carbonyl (C=O) groups is 2. The summed E-state index contributed by atoms with van der Waals surface area (Å²) in [5.41, 5.74) is 4.81. The Morgan fingerprint density at radius 3 is 2.50 bits per heavy atom. The molecule has 14 heteroatoms. The molecule has 1 aliphatic rings. The molecule has 0 spiro atoms. The third kappa shape index (κ3) is 6.76. The van der Waals surface area contributed by atoms with Gasteiger partial charge in [-0.25, -0.2) is 9.59 Å². The van der Waals surface area contributed by atoms with Gasteiger partial charge in [-0.1, -0.05) is 33.7 Å². The first-order valence-electron chi connectivity index (χ1n) is 11.2. The Balaban J connectivity index is 2.09. The third-order valence-corrected chi connectivity index (χ3v) is 7.40. The molecule has 1 N–H and O–H groups in total. The predicted octanol–water partition coefficient (Wildman–Crippen LogP) is 4.04. The number of amides is 1. The van der Waals surface area contributed by atoms with E-state index >= 15 is 0 Å². The second kappa shape index (κ2) is 12.5. The minimum atomic E-state index is -4.56. The van der Waals surface area contributed by atoms with E-state index in [2.05, 4.69) is 15.1 Å². The Kier molecular flexibility index (Phi) is 9.60. The quantitative estimate of drug-likeness (QED) is 0.361. The van der Waals surface area contributed by atoms with Gasteiger partial charge < -0.3 is 19.6 Å². The average molecular weight is 585 g/mol. The highest BCUT2D eigenvalue weighted by molar-refractivity contribution is 7.87. The van der Waals surface area contributed by atoms with Gasteiger partial charge >= 0.3 is 22.3 Å². The van der Waals surface area contributed by atoms with Crippen molar-refractivity contribution in [2.24, 2.45) is 0 Å². The van der Waals surface area contributed by atoms with Gasteiger partial charge in [-0.05, 0) is 43.7 Å². The number of esters is 1. The van der Waals surface area contributed by atoms with Crippen LogP contribution in [0.25, 0.3) is 11.8 Å². The molecule has 1 aliphatic heterocycles. The highest BCUT2D eigenvalue weighted by Gasteiger charge is 2.38. The Labute approximate surface area is 230 Å². The van der Waals surface area contributed by atoms with E-state index in [-0.39, 0.29) is 16.6 Å². The minimum absolute atomic E-state index is 0.170. The number of hydrazine groups is 1. The SMILES string of the molecule is COC(=O)C=CCN(C(=O)OC(C)C)S(=O)(=O)N1Cc2cc(OC)ccc2C(=Cc2c(Cl)cncc2Cl)N1. The summed E-state index contributed by atoms with van der Waals surface area (Å²) >= 11 is 12.6. The van der Waals surface area contributed by atoms with Crippen LogP contribution in [0.3, 0.4) is 0 Å². The van der Waals surface area contributed by atoms with Crippen LogP contribution < -0.4 is 10.2 Å². The third-order valence-electron chi connectivity index (χ3n) is 5.16. The van der Waals surface area contributed by atoms with Crippen molar-refractivity contribution in [3.63, 3.8) is 0 Å². The number of aromatic nitrogens is 1. The fourth-order valence-electron chi connectivity index (χ4n) is 3.39. The number of pyridine rings is 1. The van der Waals surface area contributed by atoms with Gasteiger partial charge in [0, 0.05) is 29.6 Å². The van der Waals surface area contributed by atoms with Crippen molar-refractivity contribution in [1.29, 1.82) is 0 Å². The number of hydrogen-bond donors (Lipinski definition) is 1. The van der Waals surface area contributed by atoms with Crippen molar-refractivity contribution in [3.05, 3.63) is 69.5 Å². The lowest BCUT2D eigenvalue weighted by Gasteiger charge is -2.34. The van der Waals surface area contributed by atoms with Crippen LogP contribution in [-0.2, 0) is 31.0 Å². The first-order chi connectivity index (χ1) is 18.0. The lowest BCUT2D eigenvalue weighted by atomic mass is 10.0. The molecule has 0 saturated heterocycles. The summed E-state index contributed by atoms with van der Waals surface area (Å²) in [7, 11) is -1.90. The van der Waals surface area contributed by atoms with Crippen LogP contribution in [0.2, 0.25) is 10.0 Å². The van der Waals surface area contributed by atoms with Crippen LogP contribution in [0.1, 0.15) is 30.5 Å². The Bertz CT molecular complexity index is 1360. The second-order valence-electron chi connectivity index (χ2n) is 8.11. The van der Waals surface area contributed by atoms with Crippen LogP contribution in [0.5, 0.6) is 5.75 Å². The predicted molar refractivity (Wildman–Crippen MR) is 142 cm³/mol. The van der Waals surface area contributed by atoms with Crippen molar-refractivity contribution in [3.8, 4) is 5.75 Å². The normalized spacial score (nSPS) is 14.8. The van der Waals surface area contributed by atoms with E-state index in [9.17, 15) is 18.0 Å². The maximum atomic E-state index is 13.8. The van der Waals surface area contributed by atoms with E-state index in [0.29, 0.717) is 32.4 Å². The largest absolute Gasteiger partial charge is 0.497 e. The molecular formula is C24H26Cl2N4O7S. The first-order valence-corrected chi connectivity index (χ1v) is 13.3. The van der Waals surface area contributed by atoms with Gasteiger partial charge in [0.2, 0.25) is 0 Å². The summed E-state index contributed by atoms with van der Waals surface area (Å²) in [5.74, 6) is -0.215. The zero-order valence-electron chi connectivity index (χ0n) is 21.0. The van der Waals surface area contributed by atoms with Crippen molar-refractivity contribution in [2.75, 3.05) is 20.8 Å². The summed E-state index contributed by atoms with van der Waals surface area (Å²) in [5, 5.41) is 0.494. The number of methoxy groups -OCH3 is 2. The summed E-state index contributed by atoms with van der Waals surface area (Å²) in [6, 6.07) is 5.15. The molecule has 0 unspecified atom stereocenters. The van der Waals surface area contributed by atoms with Crippen molar-refractivity contribution < 1.29 is 32.2 Å². The van der Waals surface area contributed by atoms with E-state index in [1.54, 1.807) is 38.1 Å². The molecule has 0 atom stereocenters. The van der Waals surface area contributed by atoms with Gasteiger partial charge in [-0.2, -0.15) is 12.7 Å². The zero-order chi connectivity index (χ0) is 28.0. The second-order valence-corrected chi connectivity index (χ2v) is 10.7. The number of fused-ring (bicyclic) bond motifs is 1. The molecule has 204 valence electrons. The van der Waals surface area contributed by atoms with Crippen LogP contribution in [0.4, 0.5) is 4.79 Å². The fraction of sp³-hybridized carbons (Fsp3) is 0.292. The van der Waals surface area contributed by atoms with Crippen molar-refractivity contribution in [1.82, 2.24) is 19.1 Å². The molecule has 3 rings (SSSR count). The smallest absolute Gasteiger partial charge is 0.425 e. The lowest BCUT2D eigenvalue weighted by molar-refractivity contribution is -0.134. The van der Waals surface area contributed by atoms with Crippen molar-refractivity contribution >= 4 is 57.2 Å². The molecule has 1 aromatic carbocycles. The Morgan fingerprint density at radius 2 is 1.89 bits per heavy atom. The topological polar surface area (TPSA) is 127 Å². The Hall–Kier alpha value is -3.32. The first kappa shape index (κ1) is 29.2. The lowest BCUT2D eigenvalue weighted by Crippen LogP contribution is -2.53. The van der Waals surface area contributed by atoms with Crippen molar-refractivity contribution in [2.45, 2.75) is 26.5 Å². The number of benzene rings is 1. The number of nitrogens with one attached hydrogen (secondary N) is 1. The fourth-order valence-corrected chi connectivity index (χ4v) is 5.12. The molecule has 0 fully saturated rings. The van der Waals surface area contributed by atoms with E-state index in [0.717, 1.165) is 10.5 Å². The van der Waals surface area contributed by atoms with Crippen LogP contribution in [0.15, 0.2) is 42.7 Å². The number of ether oxygens (including phenoxy) is 3. The molecular weight excluding hydrogens is 559 g/mol. The maximum Gasteiger partial charge on any atom is 0.425 e. The standard InChI is InChI=1S/C24H26Cl2N4O7S/c1-15(2)37-24(32)29(9-5-6-23(31)36-4)38(33,34)30-14-16-10-17(35-3)7-8-18(16)22(28-30)11-19-20(25)12-27-13-21(19)26/h5-8,10-13,15,28H,9,14H2,1-4H3. The van der Waals surface area contributed by atoms with Gasteiger partial charge in [-0.15, -0.1) is 0 Å². The molecule has 0 radical (unpaired) electrons. The van der Waals surface area contributed by atoms with Crippen LogP contribution in [-0.4, -0.2) is 61.1 Å². The molecule has 38 heavy (non-hydrogen) atoms. The van der Waals surface area contributed by atoms with Gasteiger partial charge in [0.1, 0.15) is 5.75 Å². The monoisotopic (exact) mass is 584 g/mol. The van der Waals surface area contributed by atoms with Gasteiger partial charge in [0.05, 0.1) is 49.2 Å². The number of rotatable bonds is 8. The summed E-state index contributed by atoms with van der Waals surface area (Å²) in [4.78, 5) is 28.3. The van der Waals surface area contributed by atoms with E-state index in [1.165, 1.54) is 32.7 Å². The molecule has 11 nitrogen and oxygen atoms in total. The number of carbonyl (C=O) groups excluding carboxylic acids is 2. The molecule has 0 saturated carbocycles.